The number of ether oxygens (including phenoxy) is 1. The number of nitrogen functional groups attached to an aromatic ring is 1. The van der Waals surface area contributed by atoms with Gasteiger partial charge in [0.1, 0.15) is 5.78 Å². The molecule has 2 N–H and O–H groups in total. The number of ketones is 1. The average molecular weight is 489 g/mol. The van der Waals surface area contributed by atoms with Crippen molar-refractivity contribution in [2.45, 2.75) is 109 Å². The number of carbonyl (C=O) groups is 1. The Bertz CT molecular complexity index is 825. The van der Waals surface area contributed by atoms with Crippen LogP contribution in [0, 0.1) is 5.92 Å². The Kier molecular flexibility index (Phi) is 12.2. The van der Waals surface area contributed by atoms with Crippen LogP contribution >= 0.6 is 11.3 Å². The fraction of sp³-hybridized carbons (Fsp3) is 0.714. The van der Waals surface area contributed by atoms with E-state index in [-0.39, 0.29) is 11.8 Å². The van der Waals surface area contributed by atoms with Gasteiger partial charge in [-0.05, 0) is 19.3 Å². The molecule has 5 nitrogen and oxygen atoms in total. The number of carbonyl (C=O) groups excluding carboxylic acids is 1. The van der Waals surface area contributed by atoms with Crippen LogP contribution in [0.3, 0.4) is 0 Å². The summed E-state index contributed by atoms with van der Waals surface area (Å²) in [5, 5.41) is 0.761. The number of nitrogens with zero attached hydrogens (tertiary/aromatic N) is 1. The van der Waals surface area contributed by atoms with Crippen molar-refractivity contribution in [3.05, 3.63) is 23.4 Å². The number of aromatic nitrogens is 1. The molecule has 0 aromatic carbocycles. The Balaban J connectivity index is 1.44. The molecule has 0 spiro atoms. The summed E-state index contributed by atoms with van der Waals surface area (Å²) in [6.45, 7) is 3.66. The fourth-order valence-corrected chi connectivity index (χ4v) is 6.00. The predicted molar refractivity (Wildman–Crippen MR) is 141 cm³/mol. The Morgan fingerprint density at radius 3 is 2.24 bits per heavy atom. The quantitative estimate of drug-likeness (QED) is 0.227. The second-order valence-corrected chi connectivity index (χ2v) is 10.9. The molecule has 3 rings (SSSR count). The summed E-state index contributed by atoms with van der Waals surface area (Å²) in [5.41, 5.74) is 6.60. The standard InChI is InChI=1S/C28H44N2O3S/c1-2-3-4-5-6-7-8-9-10-11-12-13-14-23(26(31)22-15-18-32-19-16-22)25-21-30-28(34-25)27-24(29)17-20-33-27/h17,20-23H,2-16,18-19,29H2,1H3. The largest absolute Gasteiger partial charge is 0.460 e. The van der Waals surface area contributed by atoms with Gasteiger partial charge in [-0.2, -0.15) is 0 Å². The predicted octanol–water partition coefficient (Wildman–Crippen LogP) is 8.16. The van der Waals surface area contributed by atoms with E-state index in [1.165, 1.54) is 70.6 Å². The van der Waals surface area contributed by atoms with E-state index < -0.39 is 0 Å². The van der Waals surface area contributed by atoms with Crippen LogP contribution in [0.4, 0.5) is 5.69 Å². The van der Waals surface area contributed by atoms with Crippen molar-refractivity contribution in [1.29, 1.82) is 0 Å². The monoisotopic (exact) mass is 488 g/mol. The third-order valence-electron chi connectivity index (χ3n) is 7.07. The molecule has 0 radical (unpaired) electrons. The first-order valence-corrected chi connectivity index (χ1v) is 14.4. The lowest BCUT2D eigenvalue weighted by atomic mass is 9.84. The van der Waals surface area contributed by atoms with Crippen LogP contribution in [-0.2, 0) is 9.53 Å². The normalized spacial score (nSPS) is 15.6. The Labute approximate surface area is 209 Å². The summed E-state index contributed by atoms with van der Waals surface area (Å²) in [5.74, 6) is 1.01. The molecule has 2 aromatic rings. The van der Waals surface area contributed by atoms with Crippen molar-refractivity contribution in [2.75, 3.05) is 18.9 Å². The highest BCUT2D eigenvalue weighted by atomic mass is 32.1. The SMILES string of the molecule is CCCCCCCCCCCCCCC(C(=O)C1CCOCC1)c1cnc(-c2occc2N)s1. The Morgan fingerprint density at radius 2 is 1.65 bits per heavy atom. The second-order valence-electron chi connectivity index (χ2n) is 9.79. The summed E-state index contributed by atoms with van der Waals surface area (Å²) in [6.07, 6.45) is 21.9. The molecule has 34 heavy (non-hydrogen) atoms. The van der Waals surface area contributed by atoms with E-state index in [1.54, 1.807) is 23.7 Å². The van der Waals surface area contributed by atoms with Crippen molar-refractivity contribution in [2.24, 2.45) is 5.92 Å². The molecule has 0 bridgehead atoms. The van der Waals surface area contributed by atoms with Gasteiger partial charge in [-0.3, -0.25) is 4.79 Å². The lowest BCUT2D eigenvalue weighted by Gasteiger charge is -2.25. The number of rotatable bonds is 17. The van der Waals surface area contributed by atoms with Crippen LogP contribution < -0.4 is 5.73 Å². The van der Waals surface area contributed by atoms with E-state index in [9.17, 15) is 4.79 Å². The van der Waals surface area contributed by atoms with Crippen LogP contribution in [0.25, 0.3) is 10.8 Å². The zero-order valence-electron chi connectivity index (χ0n) is 21.1. The summed E-state index contributed by atoms with van der Waals surface area (Å²) in [6, 6.07) is 1.74. The summed E-state index contributed by atoms with van der Waals surface area (Å²) in [4.78, 5) is 19.1. The van der Waals surface area contributed by atoms with Crippen molar-refractivity contribution in [3.8, 4) is 10.8 Å². The van der Waals surface area contributed by atoms with Crippen LogP contribution in [0.5, 0.6) is 0 Å². The molecule has 1 aliphatic heterocycles. The molecule has 190 valence electrons. The van der Waals surface area contributed by atoms with Gasteiger partial charge in [0.2, 0.25) is 0 Å². The van der Waals surface area contributed by atoms with Crippen LogP contribution in [0.15, 0.2) is 22.9 Å². The summed E-state index contributed by atoms with van der Waals surface area (Å²) >= 11 is 1.55. The van der Waals surface area contributed by atoms with Crippen molar-refractivity contribution < 1.29 is 13.9 Å². The Hall–Kier alpha value is -1.66. The second kappa shape index (κ2) is 15.4. The highest BCUT2D eigenvalue weighted by Gasteiger charge is 2.31. The number of hydrogen-bond donors (Lipinski definition) is 1. The summed E-state index contributed by atoms with van der Waals surface area (Å²) in [7, 11) is 0. The number of unbranched alkanes of at least 4 members (excludes halogenated alkanes) is 11. The zero-order chi connectivity index (χ0) is 24.0. The first kappa shape index (κ1) is 26.9. The zero-order valence-corrected chi connectivity index (χ0v) is 21.9. The van der Waals surface area contributed by atoms with Gasteiger partial charge in [-0.15, -0.1) is 11.3 Å². The van der Waals surface area contributed by atoms with E-state index in [0.29, 0.717) is 30.4 Å². The molecule has 1 atom stereocenters. The molecular formula is C28H44N2O3S. The first-order chi connectivity index (χ1) is 16.7. The molecule has 0 amide bonds. The fourth-order valence-electron chi connectivity index (χ4n) is 4.93. The van der Waals surface area contributed by atoms with E-state index in [2.05, 4.69) is 11.9 Å². The van der Waals surface area contributed by atoms with Crippen LogP contribution in [-0.4, -0.2) is 24.0 Å². The molecular weight excluding hydrogens is 444 g/mol. The van der Waals surface area contributed by atoms with Crippen molar-refractivity contribution >= 4 is 22.8 Å². The number of hydrogen-bond acceptors (Lipinski definition) is 6. The maximum Gasteiger partial charge on any atom is 0.185 e. The van der Waals surface area contributed by atoms with E-state index in [1.807, 2.05) is 6.20 Å². The highest BCUT2D eigenvalue weighted by molar-refractivity contribution is 7.15. The van der Waals surface area contributed by atoms with Gasteiger partial charge in [0.25, 0.3) is 0 Å². The maximum absolute atomic E-state index is 13.5. The number of furan rings is 1. The maximum atomic E-state index is 13.5. The minimum Gasteiger partial charge on any atom is -0.460 e. The lowest BCUT2D eigenvalue weighted by Crippen LogP contribution is -2.27. The average Bonchev–Trinajstić information content (AvgIpc) is 3.51. The molecule has 1 unspecified atom stereocenters. The smallest absolute Gasteiger partial charge is 0.185 e. The number of thiazole rings is 1. The van der Waals surface area contributed by atoms with Crippen molar-refractivity contribution in [1.82, 2.24) is 4.98 Å². The molecule has 3 heterocycles. The number of anilines is 1. The van der Waals surface area contributed by atoms with Gasteiger partial charge in [0.15, 0.2) is 10.8 Å². The number of Topliss-reactive ketones (excluding diaryl/α,β-unsaturated/α-hetero) is 1. The molecule has 0 aliphatic carbocycles. The molecule has 1 aliphatic rings. The van der Waals surface area contributed by atoms with E-state index in [0.717, 1.165) is 35.6 Å². The molecule has 2 aromatic heterocycles. The summed E-state index contributed by atoms with van der Waals surface area (Å²) < 4.78 is 11.0. The van der Waals surface area contributed by atoms with Gasteiger partial charge in [0.05, 0.1) is 17.9 Å². The van der Waals surface area contributed by atoms with E-state index in [4.69, 9.17) is 14.9 Å². The highest BCUT2D eigenvalue weighted by Crippen LogP contribution is 2.37. The van der Waals surface area contributed by atoms with Crippen LogP contribution in [0.1, 0.15) is 114 Å². The third kappa shape index (κ3) is 8.53. The number of nitrogens with two attached hydrogens (primary N) is 1. The molecule has 1 fully saturated rings. The molecule has 6 heteroatoms. The van der Waals surface area contributed by atoms with Gasteiger partial charge in [-0.25, -0.2) is 4.98 Å². The van der Waals surface area contributed by atoms with Gasteiger partial charge < -0.3 is 14.9 Å². The van der Waals surface area contributed by atoms with Gasteiger partial charge >= 0.3 is 0 Å². The Morgan fingerprint density at radius 1 is 1.03 bits per heavy atom. The van der Waals surface area contributed by atoms with Crippen LogP contribution in [0.2, 0.25) is 0 Å². The lowest BCUT2D eigenvalue weighted by molar-refractivity contribution is -0.127. The van der Waals surface area contributed by atoms with E-state index >= 15 is 0 Å². The third-order valence-corrected chi connectivity index (χ3v) is 8.18. The van der Waals surface area contributed by atoms with Crippen molar-refractivity contribution in [3.63, 3.8) is 0 Å². The van der Waals surface area contributed by atoms with Gasteiger partial charge in [-0.1, -0.05) is 84.0 Å². The first-order valence-electron chi connectivity index (χ1n) is 13.6. The van der Waals surface area contributed by atoms with Gasteiger partial charge in [0, 0.05) is 36.3 Å². The minimum absolute atomic E-state index is 0.0753. The minimum atomic E-state index is -0.0753. The molecule has 1 saturated heterocycles. The topological polar surface area (TPSA) is 78.3 Å². The molecule has 0 saturated carbocycles.